The molecule has 0 aliphatic rings. The number of carbonyl (C=O) groups is 1. The predicted octanol–water partition coefficient (Wildman–Crippen LogP) is 3.96. The summed E-state index contributed by atoms with van der Waals surface area (Å²) in [6, 6.07) is 12.7. The smallest absolute Gasteiger partial charge is 0.337 e. The second-order valence-corrected chi connectivity index (χ2v) is 4.77. The van der Waals surface area contributed by atoms with Crippen molar-refractivity contribution < 1.29 is 9.90 Å². The lowest BCUT2D eigenvalue weighted by Gasteiger charge is -2.11. The molecule has 0 saturated heterocycles. The second-order valence-electron chi connectivity index (χ2n) is 4.34. The molecule has 0 heterocycles. The molecule has 0 atom stereocenters. The predicted molar refractivity (Wildman–Crippen MR) is 76.9 cm³/mol. The first-order valence-electron chi connectivity index (χ1n) is 5.88. The van der Waals surface area contributed by atoms with Crippen LogP contribution in [0, 0.1) is 6.92 Å². The van der Waals surface area contributed by atoms with Crippen molar-refractivity contribution >= 4 is 23.3 Å². The van der Waals surface area contributed by atoms with Crippen LogP contribution in [0.5, 0.6) is 0 Å². The molecule has 0 aliphatic heterocycles. The molecule has 2 N–H and O–H groups in total. The summed E-state index contributed by atoms with van der Waals surface area (Å²) in [7, 11) is 0. The summed E-state index contributed by atoms with van der Waals surface area (Å²) in [6.07, 6.45) is 0. The molecule has 0 spiro atoms. The van der Waals surface area contributed by atoms with E-state index in [-0.39, 0.29) is 5.56 Å². The van der Waals surface area contributed by atoms with Crippen LogP contribution in [-0.2, 0) is 6.54 Å². The lowest BCUT2D eigenvalue weighted by molar-refractivity contribution is 0.0698. The molecule has 0 bridgehead atoms. The van der Waals surface area contributed by atoms with E-state index in [4.69, 9.17) is 16.7 Å². The van der Waals surface area contributed by atoms with E-state index in [2.05, 4.69) is 5.32 Å². The monoisotopic (exact) mass is 275 g/mol. The maximum Gasteiger partial charge on any atom is 0.337 e. The molecule has 4 heteroatoms. The number of hydrogen-bond acceptors (Lipinski definition) is 2. The Morgan fingerprint density at radius 3 is 2.74 bits per heavy atom. The zero-order valence-corrected chi connectivity index (χ0v) is 11.2. The Balaban J connectivity index is 2.19. The number of carboxylic acids is 1. The molecule has 0 radical (unpaired) electrons. The molecular weight excluding hydrogens is 262 g/mol. The highest BCUT2D eigenvalue weighted by Gasteiger charge is 2.09. The normalized spacial score (nSPS) is 10.2. The number of carboxylic acid groups (broad SMARTS) is 1. The summed E-state index contributed by atoms with van der Waals surface area (Å²) in [4.78, 5) is 11.1. The van der Waals surface area contributed by atoms with E-state index in [1.165, 1.54) is 0 Å². The molecule has 0 aromatic heterocycles. The molecule has 0 saturated carbocycles. The van der Waals surface area contributed by atoms with Gasteiger partial charge in [0.25, 0.3) is 0 Å². The lowest BCUT2D eigenvalue weighted by atomic mass is 10.1. The van der Waals surface area contributed by atoms with Crippen LogP contribution in [0.2, 0.25) is 5.02 Å². The van der Waals surface area contributed by atoms with Crippen molar-refractivity contribution in [3.8, 4) is 0 Å². The molecule has 98 valence electrons. The highest BCUT2D eigenvalue weighted by Crippen LogP contribution is 2.19. The maximum atomic E-state index is 11.1. The van der Waals surface area contributed by atoms with Crippen LogP contribution in [0.25, 0.3) is 0 Å². The van der Waals surface area contributed by atoms with Crippen molar-refractivity contribution in [3.05, 3.63) is 64.2 Å². The van der Waals surface area contributed by atoms with Crippen molar-refractivity contribution in [2.45, 2.75) is 13.5 Å². The summed E-state index contributed by atoms with van der Waals surface area (Å²) in [5.41, 5.74) is 2.91. The number of halogens is 1. The van der Waals surface area contributed by atoms with Crippen molar-refractivity contribution in [1.82, 2.24) is 0 Å². The van der Waals surface area contributed by atoms with Crippen LogP contribution < -0.4 is 5.32 Å². The number of nitrogens with one attached hydrogen (secondary N) is 1. The second kappa shape index (κ2) is 5.76. The number of benzene rings is 2. The van der Waals surface area contributed by atoms with E-state index in [1.807, 2.05) is 31.2 Å². The summed E-state index contributed by atoms with van der Waals surface area (Å²) < 4.78 is 0. The molecule has 3 nitrogen and oxygen atoms in total. The zero-order chi connectivity index (χ0) is 13.8. The third kappa shape index (κ3) is 3.48. The van der Waals surface area contributed by atoms with Gasteiger partial charge in [-0.1, -0.05) is 29.8 Å². The number of hydrogen-bond donors (Lipinski definition) is 2. The van der Waals surface area contributed by atoms with Gasteiger partial charge in [-0.05, 0) is 42.3 Å². The van der Waals surface area contributed by atoms with E-state index >= 15 is 0 Å². The van der Waals surface area contributed by atoms with Crippen LogP contribution >= 0.6 is 11.6 Å². The summed E-state index contributed by atoms with van der Waals surface area (Å²) in [6.45, 7) is 2.46. The minimum Gasteiger partial charge on any atom is -0.478 e. The lowest BCUT2D eigenvalue weighted by Crippen LogP contribution is -2.06. The highest BCUT2D eigenvalue weighted by molar-refractivity contribution is 6.30. The van der Waals surface area contributed by atoms with Gasteiger partial charge in [-0.3, -0.25) is 0 Å². The topological polar surface area (TPSA) is 49.3 Å². The third-order valence-corrected chi connectivity index (χ3v) is 3.01. The van der Waals surface area contributed by atoms with Gasteiger partial charge in [0, 0.05) is 17.3 Å². The Morgan fingerprint density at radius 2 is 2.05 bits per heavy atom. The molecule has 0 unspecified atom stereocenters. The quantitative estimate of drug-likeness (QED) is 0.888. The van der Waals surface area contributed by atoms with Gasteiger partial charge in [-0.25, -0.2) is 4.79 Å². The number of rotatable bonds is 4. The molecule has 0 aliphatic carbocycles. The van der Waals surface area contributed by atoms with Crippen LogP contribution in [-0.4, -0.2) is 11.1 Å². The van der Waals surface area contributed by atoms with Crippen LogP contribution in [0.1, 0.15) is 21.5 Å². The highest BCUT2D eigenvalue weighted by atomic mass is 35.5. The van der Waals surface area contributed by atoms with E-state index in [1.54, 1.807) is 18.2 Å². The van der Waals surface area contributed by atoms with Gasteiger partial charge < -0.3 is 10.4 Å². The Labute approximate surface area is 116 Å². The van der Waals surface area contributed by atoms with Crippen molar-refractivity contribution in [2.24, 2.45) is 0 Å². The van der Waals surface area contributed by atoms with E-state index in [0.717, 1.165) is 11.1 Å². The number of aryl methyl sites for hydroxylation is 1. The molecule has 19 heavy (non-hydrogen) atoms. The summed E-state index contributed by atoms with van der Waals surface area (Å²) >= 11 is 5.91. The average molecular weight is 276 g/mol. The van der Waals surface area contributed by atoms with Crippen molar-refractivity contribution in [1.29, 1.82) is 0 Å². The fourth-order valence-electron chi connectivity index (χ4n) is 1.84. The molecule has 2 rings (SSSR count). The van der Waals surface area contributed by atoms with Gasteiger partial charge in [-0.15, -0.1) is 0 Å². The standard InChI is InChI=1S/C15H14ClNO2/c1-10-5-6-13(15(18)19)14(7-10)17-9-11-3-2-4-12(16)8-11/h2-8,17H,9H2,1H3,(H,18,19). The summed E-state index contributed by atoms with van der Waals surface area (Å²) in [5, 5.41) is 12.9. The van der Waals surface area contributed by atoms with Crippen LogP contribution in [0.3, 0.4) is 0 Å². The van der Waals surface area contributed by atoms with Gasteiger partial charge in [0.2, 0.25) is 0 Å². The largest absolute Gasteiger partial charge is 0.478 e. The van der Waals surface area contributed by atoms with Crippen LogP contribution in [0.15, 0.2) is 42.5 Å². The molecule has 2 aromatic carbocycles. The van der Waals surface area contributed by atoms with Crippen LogP contribution in [0.4, 0.5) is 5.69 Å². The van der Waals surface area contributed by atoms with Crippen molar-refractivity contribution in [3.63, 3.8) is 0 Å². The Kier molecular flexibility index (Phi) is 4.07. The SMILES string of the molecule is Cc1ccc(C(=O)O)c(NCc2cccc(Cl)c2)c1. The minimum absolute atomic E-state index is 0.271. The average Bonchev–Trinajstić information content (AvgIpc) is 2.36. The molecule has 0 fully saturated rings. The van der Waals surface area contributed by atoms with Gasteiger partial charge in [0.1, 0.15) is 0 Å². The number of aromatic carboxylic acids is 1. The molecule has 0 amide bonds. The van der Waals surface area contributed by atoms with E-state index in [9.17, 15) is 4.79 Å². The Hall–Kier alpha value is -2.00. The number of anilines is 1. The van der Waals surface area contributed by atoms with E-state index in [0.29, 0.717) is 17.3 Å². The van der Waals surface area contributed by atoms with Gasteiger partial charge >= 0.3 is 5.97 Å². The van der Waals surface area contributed by atoms with Gasteiger partial charge in [0.15, 0.2) is 0 Å². The first kappa shape index (κ1) is 13.4. The molecular formula is C15H14ClNO2. The zero-order valence-electron chi connectivity index (χ0n) is 10.5. The van der Waals surface area contributed by atoms with Gasteiger partial charge in [0.05, 0.1) is 5.56 Å². The first-order chi connectivity index (χ1) is 9.06. The first-order valence-corrected chi connectivity index (χ1v) is 6.26. The van der Waals surface area contributed by atoms with Crippen molar-refractivity contribution in [2.75, 3.05) is 5.32 Å². The summed E-state index contributed by atoms with van der Waals surface area (Å²) in [5.74, 6) is -0.936. The maximum absolute atomic E-state index is 11.1. The molecule has 2 aromatic rings. The fraction of sp³-hybridized carbons (Fsp3) is 0.133. The Bertz CT molecular complexity index is 611. The fourth-order valence-corrected chi connectivity index (χ4v) is 2.05. The third-order valence-electron chi connectivity index (χ3n) is 2.78. The minimum atomic E-state index is -0.936. The van der Waals surface area contributed by atoms with Gasteiger partial charge in [-0.2, -0.15) is 0 Å². The Morgan fingerprint density at radius 1 is 1.26 bits per heavy atom. The van der Waals surface area contributed by atoms with E-state index < -0.39 is 5.97 Å².